The van der Waals surface area contributed by atoms with Crippen molar-refractivity contribution in [3.63, 3.8) is 0 Å². The van der Waals surface area contributed by atoms with Crippen molar-refractivity contribution >= 4 is 17.9 Å². The maximum absolute atomic E-state index is 11.2. The summed E-state index contributed by atoms with van der Waals surface area (Å²) in [6, 6.07) is 23.6. The zero-order valence-electron chi connectivity index (χ0n) is 11.3. The molecule has 3 aromatic carbocycles. The Balaban J connectivity index is 2.02. The van der Waals surface area contributed by atoms with E-state index in [4.69, 9.17) is 11.6 Å². The third-order valence-corrected chi connectivity index (χ3v) is 3.68. The van der Waals surface area contributed by atoms with Crippen LogP contribution in [0.2, 0.25) is 5.02 Å². The van der Waals surface area contributed by atoms with Gasteiger partial charge in [-0.15, -0.1) is 0 Å². The van der Waals surface area contributed by atoms with Gasteiger partial charge in [0, 0.05) is 10.6 Å². The van der Waals surface area contributed by atoms with Crippen LogP contribution >= 0.6 is 11.6 Å². The molecule has 0 aliphatic rings. The van der Waals surface area contributed by atoms with Crippen LogP contribution in [0, 0.1) is 0 Å². The first-order valence-corrected chi connectivity index (χ1v) is 7.06. The first-order chi connectivity index (χ1) is 10.3. The minimum absolute atomic E-state index is 0.628. The minimum atomic E-state index is 0.628. The van der Waals surface area contributed by atoms with E-state index < -0.39 is 0 Å². The Morgan fingerprint density at radius 3 is 2.00 bits per heavy atom. The highest BCUT2D eigenvalue weighted by atomic mass is 35.5. The summed E-state index contributed by atoms with van der Waals surface area (Å²) in [6.07, 6.45) is 0.858. The average molecular weight is 293 g/mol. The molecule has 102 valence electrons. The SMILES string of the molecule is O=Cc1ccc(Cl)cc1-c1ccc(-c2ccccc2)cc1. The van der Waals surface area contributed by atoms with E-state index in [0.717, 1.165) is 23.0 Å². The van der Waals surface area contributed by atoms with Crippen molar-refractivity contribution in [2.45, 2.75) is 0 Å². The summed E-state index contributed by atoms with van der Waals surface area (Å²) >= 11 is 6.03. The van der Waals surface area contributed by atoms with E-state index >= 15 is 0 Å². The second kappa shape index (κ2) is 5.94. The molecular weight excluding hydrogens is 280 g/mol. The van der Waals surface area contributed by atoms with Crippen LogP contribution in [-0.4, -0.2) is 6.29 Å². The third-order valence-electron chi connectivity index (χ3n) is 3.45. The molecule has 0 aliphatic heterocycles. The van der Waals surface area contributed by atoms with Crippen molar-refractivity contribution in [3.8, 4) is 22.3 Å². The van der Waals surface area contributed by atoms with Crippen molar-refractivity contribution in [2.24, 2.45) is 0 Å². The molecule has 0 heterocycles. The van der Waals surface area contributed by atoms with Crippen LogP contribution in [0.1, 0.15) is 10.4 Å². The minimum Gasteiger partial charge on any atom is -0.298 e. The standard InChI is InChI=1S/C19H13ClO/c20-18-11-10-17(13-21)19(12-18)16-8-6-15(7-9-16)14-4-2-1-3-5-14/h1-13H. The summed E-state index contributed by atoms with van der Waals surface area (Å²) in [4.78, 5) is 11.2. The molecule has 0 radical (unpaired) electrons. The molecule has 0 N–H and O–H groups in total. The predicted molar refractivity (Wildman–Crippen MR) is 87.7 cm³/mol. The van der Waals surface area contributed by atoms with E-state index in [9.17, 15) is 4.79 Å². The Labute approximate surface area is 128 Å². The summed E-state index contributed by atoms with van der Waals surface area (Å²) < 4.78 is 0. The van der Waals surface area contributed by atoms with Gasteiger partial charge in [0.1, 0.15) is 0 Å². The number of hydrogen-bond acceptors (Lipinski definition) is 1. The topological polar surface area (TPSA) is 17.1 Å². The van der Waals surface area contributed by atoms with Gasteiger partial charge >= 0.3 is 0 Å². The van der Waals surface area contributed by atoms with Gasteiger partial charge in [0.25, 0.3) is 0 Å². The molecule has 0 aliphatic carbocycles. The quantitative estimate of drug-likeness (QED) is 0.584. The second-order valence-electron chi connectivity index (χ2n) is 4.79. The molecule has 0 saturated heterocycles. The van der Waals surface area contributed by atoms with Gasteiger partial charge in [-0.3, -0.25) is 4.79 Å². The fraction of sp³-hybridized carbons (Fsp3) is 0. The third kappa shape index (κ3) is 2.88. The predicted octanol–water partition coefficient (Wildman–Crippen LogP) is 5.49. The number of benzene rings is 3. The molecule has 0 fully saturated rings. The smallest absolute Gasteiger partial charge is 0.150 e. The van der Waals surface area contributed by atoms with Crippen LogP contribution in [0.3, 0.4) is 0 Å². The van der Waals surface area contributed by atoms with Gasteiger partial charge < -0.3 is 0 Å². The van der Waals surface area contributed by atoms with E-state index in [1.54, 1.807) is 12.1 Å². The number of aldehydes is 1. The van der Waals surface area contributed by atoms with E-state index in [-0.39, 0.29) is 0 Å². The van der Waals surface area contributed by atoms with Crippen LogP contribution in [0.25, 0.3) is 22.3 Å². The Morgan fingerprint density at radius 1 is 0.714 bits per heavy atom. The second-order valence-corrected chi connectivity index (χ2v) is 5.23. The lowest BCUT2D eigenvalue weighted by Gasteiger charge is -2.07. The first-order valence-electron chi connectivity index (χ1n) is 6.68. The molecule has 0 atom stereocenters. The Kier molecular flexibility index (Phi) is 3.85. The Hall–Kier alpha value is -2.38. The molecule has 3 rings (SSSR count). The van der Waals surface area contributed by atoms with E-state index in [0.29, 0.717) is 10.6 Å². The van der Waals surface area contributed by atoms with Crippen molar-refractivity contribution in [2.75, 3.05) is 0 Å². The molecule has 0 spiro atoms. The maximum atomic E-state index is 11.2. The molecule has 0 bridgehead atoms. The van der Waals surface area contributed by atoms with E-state index in [1.165, 1.54) is 5.56 Å². The van der Waals surface area contributed by atoms with Gasteiger partial charge in [0.05, 0.1) is 0 Å². The molecule has 21 heavy (non-hydrogen) atoms. The van der Waals surface area contributed by atoms with Crippen LogP contribution in [0.4, 0.5) is 0 Å². The van der Waals surface area contributed by atoms with E-state index in [1.807, 2.05) is 36.4 Å². The summed E-state index contributed by atoms with van der Waals surface area (Å²) in [6.45, 7) is 0. The largest absolute Gasteiger partial charge is 0.298 e. The normalized spacial score (nSPS) is 10.3. The molecule has 0 saturated carbocycles. The van der Waals surface area contributed by atoms with Crippen molar-refractivity contribution in [3.05, 3.63) is 83.4 Å². The average Bonchev–Trinajstić information content (AvgIpc) is 2.56. The monoisotopic (exact) mass is 292 g/mol. The lowest BCUT2D eigenvalue weighted by atomic mass is 9.97. The van der Waals surface area contributed by atoms with Gasteiger partial charge in [-0.05, 0) is 40.5 Å². The molecular formula is C19H13ClO. The molecule has 0 amide bonds. The molecule has 2 heteroatoms. The molecule has 0 aromatic heterocycles. The number of hydrogen-bond donors (Lipinski definition) is 0. The molecule has 1 nitrogen and oxygen atoms in total. The fourth-order valence-corrected chi connectivity index (χ4v) is 2.53. The number of halogens is 1. The fourth-order valence-electron chi connectivity index (χ4n) is 2.35. The van der Waals surface area contributed by atoms with E-state index in [2.05, 4.69) is 24.3 Å². The highest BCUT2D eigenvalue weighted by Gasteiger charge is 2.06. The Bertz CT molecular complexity index is 761. The Morgan fingerprint density at radius 2 is 1.33 bits per heavy atom. The highest BCUT2D eigenvalue weighted by molar-refractivity contribution is 6.31. The van der Waals surface area contributed by atoms with Crippen LogP contribution < -0.4 is 0 Å². The number of carbonyl (C=O) groups is 1. The van der Waals surface area contributed by atoms with Crippen LogP contribution in [0.5, 0.6) is 0 Å². The zero-order chi connectivity index (χ0) is 14.7. The van der Waals surface area contributed by atoms with Crippen LogP contribution in [-0.2, 0) is 0 Å². The summed E-state index contributed by atoms with van der Waals surface area (Å²) in [5.74, 6) is 0. The zero-order valence-corrected chi connectivity index (χ0v) is 12.0. The van der Waals surface area contributed by atoms with Crippen molar-refractivity contribution < 1.29 is 4.79 Å². The van der Waals surface area contributed by atoms with Gasteiger partial charge in [0.15, 0.2) is 6.29 Å². The van der Waals surface area contributed by atoms with Gasteiger partial charge in [-0.1, -0.05) is 66.2 Å². The summed E-state index contributed by atoms with van der Waals surface area (Å²) in [7, 11) is 0. The van der Waals surface area contributed by atoms with Gasteiger partial charge in [-0.2, -0.15) is 0 Å². The molecule has 0 unspecified atom stereocenters. The van der Waals surface area contributed by atoms with Crippen molar-refractivity contribution in [1.82, 2.24) is 0 Å². The van der Waals surface area contributed by atoms with Crippen LogP contribution in [0.15, 0.2) is 72.8 Å². The van der Waals surface area contributed by atoms with Crippen molar-refractivity contribution in [1.29, 1.82) is 0 Å². The first kappa shape index (κ1) is 13.6. The highest BCUT2D eigenvalue weighted by Crippen LogP contribution is 2.28. The number of rotatable bonds is 3. The number of carbonyl (C=O) groups excluding carboxylic acids is 1. The van der Waals surface area contributed by atoms with Gasteiger partial charge in [-0.25, -0.2) is 0 Å². The summed E-state index contributed by atoms with van der Waals surface area (Å²) in [5, 5.41) is 0.628. The maximum Gasteiger partial charge on any atom is 0.150 e. The lowest BCUT2D eigenvalue weighted by molar-refractivity contribution is 0.112. The summed E-state index contributed by atoms with van der Waals surface area (Å²) in [5.41, 5.74) is 4.81. The molecule has 3 aromatic rings. The lowest BCUT2D eigenvalue weighted by Crippen LogP contribution is -1.87. The van der Waals surface area contributed by atoms with Gasteiger partial charge in [0.2, 0.25) is 0 Å².